The number of hydrogen-bond acceptors (Lipinski definition) is 6. The molecular weight excluding hydrogens is 346 g/mol. The molecule has 1 amide bonds. The smallest absolute Gasteiger partial charge is 0.255 e. The number of nitrogens with two attached hydrogens (primary N) is 1. The number of para-hydroxylation sites is 2. The lowest BCUT2D eigenvalue weighted by atomic mass is 10.1. The van der Waals surface area contributed by atoms with E-state index >= 15 is 0 Å². The van der Waals surface area contributed by atoms with Gasteiger partial charge in [0.1, 0.15) is 11.3 Å². The van der Waals surface area contributed by atoms with Crippen LogP contribution >= 0.6 is 0 Å². The summed E-state index contributed by atoms with van der Waals surface area (Å²) in [6.07, 6.45) is 0. The van der Waals surface area contributed by atoms with Gasteiger partial charge in [-0.15, -0.1) is 0 Å². The van der Waals surface area contributed by atoms with Gasteiger partial charge in [0, 0.05) is 30.8 Å². The molecule has 0 unspecified atom stereocenters. The van der Waals surface area contributed by atoms with E-state index in [1.54, 1.807) is 0 Å². The van der Waals surface area contributed by atoms with Crippen molar-refractivity contribution in [2.24, 2.45) is 5.73 Å². The van der Waals surface area contributed by atoms with Crippen molar-refractivity contribution in [1.29, 1.82) is 0 Å². The van der Waals surface area contributed by atoms with E-state index in [1.165, 1.54) is 0 Å². The Balaban J connectivity index is 1.65. The van der Waals surface area contributed by atoms with Gasteiger partial charge in [-0.25, -0.2) is 4.98 Å². The number of carbonyl (C=O) groups excluding carboxylic acids is 1. The van der Waals surface area contributed by atoms with Crippen LogP contribution in [-0.4, -0.2) is 48.7 Å². The summed E-state index contributed by atoms with van der Waals surface area (Å²) in [6.45, 7) is 3.65. The molecule has 2 aromatic carbocycles. The quantitative estimate of drug-likeness (QED) is 0.718. The summed E-state index contributed by atoms with van der Waals surface area (Å²) in [5, 5.41) is 0. The average Bonchev–Trinajstić information content (AvgIpc) is 3.12. The zero-order valence-electron chi connectivity index (χ0n) is 14.9. The molecule has 7 heteroatoms. The number of aromatic nitrogens is 1. The highest BCUT2D eigenvalue weighted by Gasteiger charge is 2.16. The van der Waals surface area contributed by atoms with Crippen molar-refractivity contribution in [3.05, 3.63) is 48.0 Å². The molecule has 0 atom stereocenters. The van der Waals surface area contributed by atoms with E-state index in [-0.39, 0.29) is 6.61 Å². The average molecular weight is 367 g/mol. The van der Waals surface area contributed by atoms with Crippen LogP contribution in [0.15, 0.2) is 46.9 Å². The van der Waals surface area contributed by atoms with Gasteiger partial charge in [0.2, 0.25) is 5.89 Å². The molecule has 3 aromatic rings. The molecule has 0 spiro atoms. The van der Waals surface area contributed by atoms with Gasteiger partial charge in [0.25, 0.3) is 5.91 Å². The number of morpholine rings is 1. The molecule has 0 radical (unpaired) electrons. The number of carbonyl (C=O) groups is 1. The third-order valence-electron chi connectivity index (χ3n) is 4.47. The number of hydrogen-bond donors (Lipinski definition) is 1. The Hall–Kier alpha value is -2.90. The number of benzene rings is 2. The van der Waals surface area contributed by atoms with E-state index in [9.17, 15) is 4.79 Å². The van der Waals surface area contributed by atoms with Gasteiger partial charge < -0.3 is 19.6 Å². The summed E-state index contributed by atoms with van der Waals surface area (Å²) >= 11 is 0. The van der Waals surface area contributed by atoms with Gasteiger partial charge in [-0.3, -0.25) is 9.69 Å². The van der Waals surface area contributed by atoms with Gasteiger partial charge >= 0.3 is 0 Å². The monoisotopic (exact) mass is 367 g/mol. The van der Waals surface area contributed by atoms with E-state index < -0.39 is 5.91 Å². The molecular formula is C20H21N3O4. The van der Waals surface area contributed by atoms with Gasteiger partial charge in [-0.1, -0.05) is 12.1 Å². The summed E-state index contributed by atoms with van der Waals surface area (Å²) in [7, 11) is 0. The highest BCUT2D eigenvalue weighted by Crippen LogP contribution is 2.29. The standard InChI is InChI=1S/C20H21N3O4/c21-19(24)13-26-17-6-5-14(11-15(17)12-23-7-9-25-10-8-23)20-22-16-3-1-2-4-18(16)27-20/h1-6,11H,7-10,12-13H2,(H2,21,24). The number of ether oxygens (including phenoxy) is 2. The minimum Gasteiger partial charge on any atom is -0.483 e. The Morgan fingerprint density at radius 3 is 2.78 bits per heavy atom. The molecule has 1 fully saturated rings. The lowest BCUT2D eigenvalue weighted by molar-refractivity contribution is -0.119. The second-order valence-corrected chi connectivity index (χ2v) is 6.45. The van der Waals surface area contributed by atoms with Crippen molar-refractivity contribution < 1.29 is 18.7 Å². The largest absolute Gasteiger partial charge is 0.483 e. The molecule has 0 aliphatic carbocycles. The third-order valence-corrected chi connectivity index (χ3v) is 4.47. The summed E-state index contributed by atoms with van der Waals surface area (Å²) in [4.78, 5) is 18.0. The molecule has 140 valence electrons. The molecule has 4 rings (SSSR count). The van der Waals surface area contributed by atoms with Crippen LogP contribution in [0.25, 0.3) is 22.6 Å². The van der Waals surface area contributed by atoms with Crippen molar-refractivity contribution in [3.63, 3.8) is 0 Å². The van der Waals surface area contributed by atoms with E-state index in [2.05, 4.69) is 9.88 Å². The Bertz CT molecular complexity index is 914. The van der Waals surface area contributed by atoms with E-state index in [0.29, 0.717) is 31.4 Å². The van der Waals surface area contributed by atoms with Crippen LogP contribution in [0.4, 0.5) is 0 Å². The van der Waals surface area contributed by atoms with Crippen LogP contribution < -0.4 is 10.5 Å². The van der Waals surface area contributed by atoms with Gasteiger partial charge in [-0.05, 0) is 30.3 Å². The second kappa shape index (κ2) is 7.77. The predicted octanol–water partition coefficient (Wildman–Crippen LogP) is 2.19. The van der Waals surface area contributed by atoms with E-state index in [0.717, 1.165) is 35.3 Å². The van der Waals surface area contributed by atoms with Crippen LogP contribution in [-0.2, 0) is 16.1 Å². The fourth-order valence-electron chi connectivity index (χ4n) is 3.12. The predicted molar refractivity (Wildman–Crippen MR) is 100 cm³/mol. The maximum Gasteiger partial charge on any atom is 0.255 e. The molecule has 1 aliphatic heterocycles. The van der Waals surface area contributed by atoms with Gasteiger partial charge in [-0.2, -0.15) is 0 Å². The summed E-state index contributed by atoms with van der Waals surface area (Å²) < 4.78 is 16.9. The Morgan fingerprint density at radius 1 is 1.19 bits per heavy atom. The fourth-order valence-corrected chi connectivity index (χ4v) is 3.12. The molecule has 7 nitrogen and oxygen atoms in total. The van der Waals surface area contributed by atoms with Crippen molar-refractivity contribution in [2.45, 2.75) is 6.54 Å². The molecule has 0 bridgehead atoms. The summed E-state index contributed by atoms with van der Waals surface area (Å²) in [5.74, 6) is 0.691. The number of amides is 1. The van der Waals surface area contributed by atoms with Crippen molar-refractivity contribution in [2.75, 3.05) is 32.9 Å². The topological polar surface area (TPSA) is 90.8 Å². The molecule has 0 saturated carbocycles. The second-order valence-electron chi connectivity index (χ2n) is 6.45. The Morgan fingerprint density at radius 2 is 2.00 bits per heavy atom. The van der Waals surface area contributed by atoms with Gasteiger partial charge in [0.15, 0.2) is 12.2 Å². The first-order chi connectivity index (χ1) is 13.2. The number of primary amides is 1. The minimum absolute atomic E-state index is 0.154. The number of oxazole rings is 1. The first-order valence-corrected chi connectivity index (χ1v) is 8.89. The zero-order valence-corrected chi connectivity index (χ0v) is 14.9. The summed E-state index contributed by atoms with van der Waals surface area (Å²) in [6, 6.07) is 13.4. The minimum atomic E-state index is -0.504. The van der Waals surface area contributed by atoms with Crippen molar-refractivity contribution >= 4 is 17.0 Å². The van der Waals surface area contributed by atoms with Crippen LogP contribution in [0, 0.1) is 0 Å². The lowest BCUT2D eigenvalue weighted by Crippen LogP contribution is -2.35. The first-order valence-electron chi connectivity index (χ1n) is 8.89. The first kappa shape index (κ1) is 17.5. The zero-order chi connectivity index (χ0) is 18.6. The van der Waals surface area contributed by atoms with E-state index in [1.807, 2.05) is 42.5 Å². The van der Waals surface area contributed by atoms with Crippen molar-refractivity contribution in [3.8, 4) is 17.2 Å². The Labute approximate surface area is 156 Å². The van der Waals surface area contributed by atoms with Crippen LogP contribution in [0.2, 0.25) is 0 Å². The third kappa shape index (κ3) is 4.10. The highest BCUT2D eigenvalue weighted by molar-refractivity contribution is 5.76. The molecule has 27 heavy (non-hydrogen) atoms. The number of rotatable bonds is 6. The maximum absolute atomic E-state index is 11.1. The Kier molecular flexibility index (Phi) is 5.04. The molecule has 1 aromatic heterocycles. The maximum atomic E-state index is 11.1. The normalized spacial score (nSPS) is 15.1. The van der Waals surface area contributed by atoms with E-state index in [4.69, 9.17) is 19.6 Å². The SMILES string of the molecule is NC(=O)COc1ccc(-c2nc3ccccc3o2)cc1CN1CCOCC1. The molecule has 1 aliphatic rings. The fraction of sp³-hybridized carbons (Fsp3) is 0.300. The van der Waals surface area contributed by atoms with Crippen LogP contribution in [0.3, 0.4) is 0 Å². The molecule has 2 N–H and O–H groups in total. The summed E-state index contributed by atoms with van der Waals surface area (Å²) in [5.41, 5.74) is 8.60. The van der Waals surface area contributed by atoms with Crippen LogP contribution in [0.1, 0.15) is 5.56 Å². The number of fused-ring (bicyclic) bond motifs is 1. The van der Waals surface area contributed by atoms with Crippen LogP contribution in [0.5, 0.6) is 5.75 Å². The lowest BCUT2D eigenvalue weighted by Gasteiger charge is -2.27. The highest BCUT2D eigenvalue weighted by atomic mass is 16.5. The van der Waals surface area contributed by atoms with Crippen molar-refractivity contribution in [1.82, 2.24) is 9.88 Å². The number of nitrogens with zero attached hydrogens (tertiary/aromatic N) is 2. The molecule has 1 saturated heterocycles. The van der Waals surface area contributed by atoms with Gasteiger partial charge in [0.05, 0.1) is 13.2 Å². The molecule has 2 heterocycles.